The molecule has 1 saturated carbocycles. The minimum Gasteiger partial charge on any atom is -0.492 e. The highest BCUT2D eigenvalue weighted by molar-refractivity contribution is 5.47. The molecule has 10 atom stereocenters. The molecule has 52 heavy (non-hydrogen) atoms. The fourth-order valence-corrected chi connectivity index (χ4v) is 12.4. The zero-order valence-corrected chi connectivity index (χ0v) is 30.6. The minimum absolute atomic E-state index is 0.0985. The van der Waals surface area contributed by atoms with E-state index in [1.54, 1.807) is 16.7 Å². The van der Waals surface area contributed by atoms with Crippen LogP contribution in [-0.4, -0.2) is 46.2 Å². The summed E-state index contributed by atoms with van der Waals surface area (Å²) in [6.07, 6.45) is 46.6. The molecule has 10 aliphatic rings. The zero-order chi connectivity index (χ0) is 34.2. The Morgan fingerprint density at radius 1 is 0.808 bits per heavy atom. The summed E-state index contributed by atoms with van der Waals surface area (Å²) >= 11 is 0. The molecule has 9 unspecified atom stereocenters. The quantitative estimate of drug-likeness (QED) is 0.287. The van der Waals surface area contributed by atoms with Crippen molar-refractivity contribution in [3.63, 3.8) is 0 Å². The topological polar surface area (TPSA) is 24.9 Å². The molecule has 0 radical (unpaired) electrons. The van der Waals surface area contributed by atoms with Crippen LogP contribution in [0.15, 0.2) is 131 Å². The fraction of sp³-hybridized carbons (Fsp3) is 0.500. The van der Waals surface area contributed by atoms with Gasteiger partial charge < -0.3 is 14.4 Å². The van der Waals surface area contributed by atoms with Crippen LogP contribution in [0.2, 0.25) is 0 Å². The molecular weight excluding hydrogens is 637 g/mol. The Bertz CT molecular complexity index is 1900. The summed E-state index contributed by atoms with van der Waals surface area (Å²) in [6, 6.07) is 10.5. The number of fused-ring (bicyclic) bond motifs is 7. The number of allylic oxidation sites excluding steroid dienone is 9. The Morgan fingerprint density at radius 3 is 2.71 bits per heavy atom. The molecule has 0 aromatic heterocycles. The largest absolute Gasteiger partial charge is 0.492 e. The van der Waals surface area contributed by atoms with Crippen LogP contribution >= 0.6 is 0 Å². The third-order valence-corrected chi connectivity index (χ3v) is 14.6. The molecular formula is C48H54N2O2. The SMILES string of the molecule is C1=CCCC(C2CCC3C(C2)C2=C(C=CC(N(C4CC=CC5Oc6ccccc6C54)[C@@H]4CCCC5=C4OC4CCC=CC54)C2)N3C2=CCCC=C2)=C1. The molecule has 0 spiro atoms. The van der Waals surface area contributed by atoms with Gasteiger partial charge in [-0.25, -0.2) is 0 Å². The van der Waals surface area contributed by atoms with Crippen LogP contribution in [0.1, 0.15) is 101 Å². The molecule has 268 valence electrons. The van der Waals surface area contributed by atoms with Crippen LogP contribution < -0.4 is 4.74 Å². The smallest absolute Gasteiger partial charge is 0.125 e. The monoisotopic (exact) mass is 690 g/mol. The van der Waals surface area contributed by atoms with Gasteiger partial charge in [-0.15, -0.1) is 0 Å². The van der Waals surface area contributed by atoms with Crippen molar-refractivity contribution in [1.29, 1.82) is 0 Å². The molecule has 4 heteroatoms. The van der Waals surface area contributed by atoms with E-state index in [2.05, 4.69) is 107 Å². The van der Waals surface area contributed by atoms with Gasteiger partial charge in [0, 0.05) is 52.8 Å². The highest BCUT2D eigenvalue weighted by Gasteiger charge is 2.52. The maximum absolute atomic E-state index is 7.14. The molecule has 11 rings (SSSR count). The normalized spacial score (nSPS) is 38.2. The first-order valence-electron chi connectivity index (χ1n) is 21.0. The minimum atomic E-state index is 0.0985. The fourth-order valence-electron chi connectivity index (χ4n) is 12.4. The molecule has 1 fully saturated rings. The molecule has 7 aliphatic carbocycles. The number of ether oxygens (including phenoxy) is 2. The average Bonchev–Trinajstić information content (AvgIpc) is 3.89. The molecule has 0 N–H and O–H groups in total. The Hall–Kier alpha value is -3.76. The van der Waals surface area contributed by atoms with E-state index in [0.29, 0.717) is 53.9 Å². The summed E-state index contributed by atoms with van der Waals surface area (Å²) in [4.78, 5) is 5.81. The summed E-state index contributed by atoms with van der Waals surface area (Å²) < 4.78 is 13.8. The number of nitrogens with zero attached hydrogens (tertiary/aromatic N) is 2. The van der Waals surface area contributed by atoms with Gasteiger partial charge in [0.1, 0.15) is 23.7 Å². The van der Waals surface area contributed by atoms with E-state index >= 15 is 0 Å². The van der Waals surface area contributed by atoms with Gasteiger partial charge >= 0.3 is 0 Å². The van der Waals surface area contributed by atoms with E-state index in [-0.39, 0.29) is 6.10 Å². The lowest BCUT2D eigenvalue weighted by Gasteiger charge is -2.48. The first-order chi connectivity index (χ1) is 25.8. The number of benzene rings is 1. The van der Waals surface area contributed by atoms with Gasteiger partial charge in [0.25, 0.3) is 0 Å². The van der Waals surface area contributed by atoms with Crippen LogP contribution in [0.4, 0.5) is 0 Å². The van der Waals surface area contributed by atoms with Gasteiger partial charge in [0.15, 0.2) is 0 Å². The van der Waals surface area contributed by atoms with Crippen molar-refractivity contribution >= 4 is 0 Å². The summed E-state index contributed by atoms with van der Waals surface area (Å²) in [6.45, 7) is 0. The lowest BCUT2D eigenvalue weighted by Crippen LogP contribution is -2.55. The van der Waals surface area contributed by atoms with E-state index in [0.717, 1.165) is 44.3 Å². The lowest BCUT2D eigenvalue weighted by atomic mass is 9.70. The first-order valence-corrected chi connectivity index (χ1v) is 21.0. The van der Waals surface area contributed by atoms with Crippen molar-refractivity contribution in [2.45, 2.75) is 132 Å². The summed E-state index contributed by atoms with van der Waals surface area (Å²) in [5.74, 6) is 4.55. The third kappa shape index (κ3) is 5.10. The summed E-state index contributed by atoms with van der Waals surface area (Å²) in [7, 11) is 0. The molecule has 1 aromatic carbocycles. The van der Waals surface area contributed by atoms with Crippen molar-refractivity contribution in [2.24, 2.45) is 17.8 Å². The predicted molar refractivity (Wildman–Crippen MR) is 208 cm³/mol. The molecule has 3 heterocycles. The van der Waals surface area contributed by atoms with Gasteiger partial charge in [0.2, 0.25) is 0 Å². The van der Waals surface area contributed by atoms with Crippen LogP contribution in [0.5, 0.6) is 5.75 Å². The second-order valence-corrected chi connectivity index (χ2v) is 17.2. The predicted octanol–water partition coefficient (Wildman–Crippen LogP) is 10.5. The Kier molecular flexibility index (Phi) is 7.92. The summed E-state index contributed by atoms with van der Waals surface area (Å²) in [5.41, 5.74) is 9.42. The highest BCUT2D eigenvalue weighted by Crippen LogP contribution is 2.55. The molecule has 0 bridgehead atoms. The Morgan fingerprint density at radius 2 is 1.79 bits per heavy atom. The maximum atomic E-state index is 7.14. The van der Waals surface area contributed by atoms with E-state index in [4.69, 9.17) is 9.47 Å². The summed E-state index contributed by atoms with van der Waals surface area (Å²) in [5, 5.41) is 0. The Labute approximate surface area is 310 Å². The number of para-hydroxylation sites is 1. The van der Waals surface area contributed by atoms with E-state index < -0.39 is 0 Å². The molecule has 1 aromatic rings. The van der Waals surface area contributed by atoms with Crippen LogP contribution in [-0.2, 0) is 4.74 Å². The van der Waals surface area contributed by atoms with Crippen molar-refractivity contribution in [3.05, 3.63) is 137 Å². The highest BCUT2D eigenvalue weighted by atomic mass is 16.5. The zero-order valence-electron chi connectivity index (χ0n) is 30.6. The van der Waals surface area contributed by atoms with Gasteiger partial charge in [-0.2, -0.15) is 0 Å². The van der Waals surface area contributed by atoms with Crippen molar-refractivity contribution in [3.8, 4) is 5.75 Å². The van der Waals surface area contributed by atoms with Crippen molar-refractivity contribution < 1.29 is 9.47 Å². The molecule has 0 saturated heterocycles. The van der Waals surface area contributed by atoms with E-state index in [9.17, 15) is 0 Å². The lowest BCUT2D eigenvalue weighted by molar-refractivity contribution is 0.0223. The van der Waals surface area contributed by atoms with Gasteiger partial charge in [-0.1, -0.05) is 78.5 Å². The molecule has 0 amide bonds. The first kappa shape index (κ1) is 31.7. The van der Waals surface area contributed by atoms with Crippen molar-refractivity contribution in [1.82, 2.24) is 9.80 Å². The van der Waals surface area contributed by atoms with Crippen LogP contribution in [0.3, 0.4) is 0 Å². The van der Waals surface area contributed by atoms with Gasteiger partial charge in [0.05, 0.1) is 6.04 Å². The number of hydrogen-bond donors (Lipinski definition) is 0. The van der Waals surface area contributed by atoms with Crippen molar-refractivity contribution in [2.75, 3.05) is 0 Å². The van der Waals surface area contributed by atoms with Crippen LogP contribution in [0, 0.1) is 17.8 Å². The molecule has 4 nitrogen and oxygen atoms in total. The second kappa shape index (κ2) is 13.0. The third-order valence-electron chi connectivity index (χ3n) is 14.6. The second-order valence-electron chi connectivity index (χ2n) is 17.2. The number of hydrogen-bond acceptors (Lipinski definition) is 4. The van der Waals surface area contributed by atoms with Gasteiger partial charge in [-0.05, 0) is 131 Å². The standard InChI is InChI=1S/C48H54N2O2/c1-3-13-31(14-4-1)32-25-27-40-38(29-32)39-30-34(26-28-41(39)49(40)33-15-5-2-6-16-33)50(42-20-12-24-46-47(42)37-18-8-10-23-45(37)51-46)43-21-11-19-36-35-17-7-9-22-44(35)52-48(36)43/h1,3,5,7-8,10,12-13,15-18,23-24,26,28,32,34-35,38,40,42-44,46-47H,2,4,6,9,11,14,19-22,25,27,29-30H2/t32?,34?,35?,38?,40?,42?,43-,44?,46?,47?/m1/s1. The maximum Gasteiger partial charge on any atom is 0.125 e. The number of rotatable bonds is 5. The van der Waals surface area contributed by atoms with E-state index in [1.165, 1.54) is 74.1 Å². The Balaban J connectivity index is 0.993. The average molecular weight is 691 g/mol. The molecule has 3 aliphatic heterocycles. The van der Waals surface area contributed by atoms with Crippen LogP contribution in [0.25, 0.3) is 0 Å². The van der Waals surface area contributed by atoms with E-state index in [1.807, 2.05) is 0 Å². The van der Waals surface area contributed by atoms with Gasteiger partial charge in [-0.3, -0.25) is 4.90 Å².